The Morgan fingerprint density at radius 2 is 1.92 bits per heavy atom. The highest BCUT2D eigenvalue weighted by atomic mass is 32.1. The summed E-state index contributed by atoms with van der Waals surface area (Å²) in [6.45, 7) is 1.97. The Hall–Kier alpha value is -1.86. The summed E-state index contributed by atoms with van der Waals surface area (Å²) >= 11 is 1.53. The first-order chi connectivity index (χ1) is 11.3. The summed E-state index contributed by atoms with van der Waals surface area (Å²) in [5.41, 5.74) is 0.101. The van der Waals surface area contributed by atoms with Crippen molar-refractivity contribution in [3.63, 3.8) is 0 Å². The predicted molar refractivity (Wildman–Crippen MR) is 85.8 cm³/mol. The second kappa shape index (κ2) is 6.57. The van der Waals surface area contributed by atoms with Crippen LogP contribution in [0.15, 0.2) is 36.4 Å². The van der Waals surface area contributed by atoms with Crippen molar-refractivity contribution in [3.05, 3.63) is 46.8 Å². The molecule has 0 bridgehead atoms. The van der Waals surface area contributed by atoms with E-state index in [1.165, 1.54) is 23.5 Å². The molecule has 1 N–H and O–H groups in total. The number of rotatable bonds is 4. The van der Waals surface area contributed by atoms with Crippen molar-refractivity contribution in [3.8, 4) is 10.4 Å². The number of thiophene rings is 1. The number of carboxylic acid groups (broad SMARTS) is 1. The first kappa shape index (κ1) is 17.0. The highest BCUT2D eigenvalue weighted by Gasteiger charge is 2.30. The van der Waals surface area contributed by atoms with Gasteiger partial charge in [-0.1, -0.05) is 12.1 Å². The minimum Gasteiger partial charge on any atom is -0.481 e. The van der Waals surface area contributed by atoms with Gasteiger partial charge in [0.1, 0.15) is 0 Å². The van der Waals surface area contributed by atoms with Crippen LogP contribution in [0.25, 0.3) is 10.4 Å². The van der Waals surface area contributed by atoms with Gasteiger partial charge in [0.2, 0.25) is 0 Å². The topological polar surface area (TPSA) is 40.5 Å². The second-order valence-corrected chi connectivity index (χ2v) is 7.07. The maximum absolute atomic E-state index is 12.6. The first-order valence-electron chi connectivity index (χ1n) is 7.54. The fourth-order valence-electron chi connectivity index (χ4n) is 2.84. The van der Waals surface area contributed by atoms with E-state index in [4.69, 9.17) is 5.11 Å². The average Bonchev–Trinajstić information content (AvgIpc) is 3.16. The lowest BCUT2D eigenvalue weighted by molar-refractivity contribution is -0.141. The molecule has 3 rings (SSSR count). The number of carboxylic acids is 1. The number of carbonyl (C=O) groups is 1. The van der Waals surface area contributed by atoms with Crippen LogP contribution < -0.4 is 0 Å². The van der Waals surface area contributed by atoms with Gasteiger partial charge in [0.05, 0.1) is 11.5 Å². The molecule has 1 fully saturated rings. The van der Waals surface area contributed by atoms with Gasteiger partial charge in [0.15, 0.2) is 0 Å². The Morgan fingerprint density at radius 1 is 1.21 bits per heavy atom. The molecular weight excluding hydrogens is 339 g/mol. The van der Waals surface area contributed by atoms with E-state index in [-0.39, 0.29) is 5.92 Å². The summed E-state index contributed by atoms with van der Waals surface area (Å²) < 4.78 is 37.8. The smallest absolute Gasteiger partial charge is 0.416 e. The molecule has 2 heterocycles. The van der Waals surface area contributed by atoms with E-state index in [9.17, 15) is 18.0 Å². The Labute approximate surface area is 141 Å². The quantitative estimate of drug-likeness (QED) is 0.887. The van der Waals surface area contributed by atoms with Gasteiger partial charge in [-0.05, 0) is 42.8 Å². The summed E-state index contributed by atoms with van der Waals surface area (Å²) in [6.07, 6.45) is -3.66. The molecule has 24 heavy (non-hydrogen) atoms. The van der Waals surface area contributed by atoms with Crippen LogP contribution in [-0.2, 0) is 17.5 Å². The number of aliphatic carboxylic acids is 1. The zero-order chi connectivity index (χ0) is 17.3. The standard InChI is InChI=1S/C17H16F3NO2S/c18-17(19,20)13-3-1-11(2-4-13)15-6-5-14(24-15)10-21-8-7-12(9-21)16(22)23/h1-6,12H,7-10H2,(H,22,23). The number of hydrogen-bond donors (Lipinski definition) is 1. The normalized spacial score (nSPS) is 18.9. The molecule has 0 amide bonds. The predicted octanol–water partition coefficient (Wildman–Crippen LogP) is 4.34. The Balaban J connectivity index is 1.66. The van der Waals surface area contributed by atoms with Gasteiger partial charge in [-0.25, -0.2) is 0 Å². The minimum atomic E-state index is -4.32. The van der Waals surface area contributed by atoms with E-state index in [0.29, 0.717) is 19.5 Å². The van der Waals surface area contributed by atoms with E-state index < -0.39 is 17.7 Å². The molecule has 2 aromatic rings. The summed E-state index contributed by atoms with van der Waals surface area (Å²) in [6, 6.07) is 8.99. The van der Waals surface area contributed by atoms with Crippen LogP contribution in [0.5, 0.6) is 0 Å². The van der Waals surface area contributed by atoms with Crippen LogP contribution in [0.1, 0.15) is 16.9 Å². The van der Waals surface area contributed by atoms with E-state index in [0.717, 1.165) is 34.0 Å². The van der Waals surface area contributed by atoms with E-state index in [1.807, 2.05) is 12.1 Å². The van der Waals surface area contributed by atoms with Crippen molar-refractivity contribution in [1.82, 2.24) is 4.90 Å². The second-order valence-electron chi connectivity index (χ2n) is 5.90. The SMILES string of the molecule is O=C(O)C1CCN(Cc2ccc(-c3ccc(C(F)(F)F)cc3)s2)C1. The summed E-state index contributed by atoms with van der Waals surface area (Å²) in [7, 11) is 0. The molecule has 1 aromatic heterocycles. The van der Waals surface area contributed by atoms with Crippen molar-refractivity contribution in [2.75, 3.05) is 13.1 Å². The maximum Gasteiger partial charge on any atom is 0.416 e. The molecule has 1 aliphatic heterocycles. The summed E-state index contributed by atoms with van der Waals surface area (Å²) in [5, 5.41) is 9.03. The fourth-order valence-corrected chi connectivity index (χ4v) is 3.90. The largest absolute Gasteiger partial charge is 0.481 e. The Kier molecular flexibility index (Phi) is 4.64. The highest BCUT2D eigenvalue weighted by Crippen LogP contribution is 2.33. The molecule has 1 saturated heterocycles. The van der Waals surface area contributed by atoms with Gasteiger partial charge < -0.3 is 5.11 Å². The van der Waals surface area contributed by atoms with Gasteiger partial charge in [-0.2, -0.15) is 13.2 Å². The number of likely N-dealkylation sites (tertiary alicyclic amines) is 1. The lowest BCUT2D eigenvalue weighted by Crippen LogP contribution is -2.22. The molecule has 1 unspecified atom stereocenters. The summed E-state index contributed by atoms with van der Waals surface area (Å²) in [5.74, 6) is -1.06. The number of hydrogen-bond acceptors (Lipinski definition) is 3. The van der Waals surface area contributed by atoms with Crippen molar-refractivity contribution in [1.29, 1.82) is 0 Å². The highest BCUT2D eigenvalue weighted by molar-refractivity contribution is 7.15. The third kappa shape index (κ3) is 3.79. The van der Waals surface area contributed by atoms with Crippen LogP contribution in [-0.4, -0.2) is 29.1 Å². The van der Waals surface area contributed by atoms with Crippen molar-refractivity contribution < 1.29 is 23.1 Å². The van der Waals surface area contributed by atoms with Crippen LogP contribution >= 0.6 is 11.3 Å². The van der Waals surface area contributed by atoms with Gasteiger partial charge in [-0.3, -0.25) is 9.69 Å². The van der Waals surface area contributed by atoms with Crippen LogP contribution in [0, 0.1) is 5.92 Å². The Bertz CT molecular complexity index is 724. The number of halogens is 3. The van der Waals surface area contributed by atoms with E-state index >= 15 is 0 Å². The molecule has 0 aliphatic carbocycles. The van der Waals surface area contributed by atoms with Crippen molar-refractivity contribution >= 4 is 17.3 Å². The number of nitrogens with zero attached hydrogens (tertiary/aromatic N) is 1. The van der Waals surface area contributed by atoms with Gasteiger partial charge >= 0.3 is 12.1 Å². The number of benzene rings is 1. The first-order valence-corrected chi connectivity index (χ1v) is 8.36. The molecule has 7 heteroatoms. The molecule has 0 spiro atoms. The fraction of sp³-hybridized carbons (Fsp3) is 0.353. The van der Waals surface area contributed by atoms with E-state index in [1.54, 1.807) is 0 Å². The average molecular weight is 355 g/mol. The number of alkyl halides is 3. The molecule has 1 atom stereocenters. The van der Waals surface area contributed by atoms with E-state index in [2.05, 4.69) is 4.90 Å². The monoisotopic (exact) mass is 355 g/mol. The van der Waals surface area contributed by atoms with Crippen LogP contribution in [0.4, 0.5) is 13.2 Å². The molecule has 0 radical (unpaired) electrons. The van der Waals surface area contributed by atoms with Crippen molar-refractivity contribution in [2.45, 2.75) is 19.1 Å². The Morgan fingerprint density at radius 3 is 2.50 bits per heavy atom. The molecule has 0 saturated carbocycles. The van der Waals surface area contributed by atoms with Gasteiger partial charge in [0, 0.05) is 22.8 Å². The third-order valence-corrected chi connectivity index (χ3v) is 5.28. The molecule has 1 aliphatic rings. The molecule has 1 aromatic carbocycles. The molecular formula is C17H16F3NO2S. The zero-order valence-electron chi connectivity index (χ0n) is 12.7. The maximum atomic E-state index is 12.6. The van der Waals surface area contributed by atoms with Crippen LogP contribution in [0.3, 0.4) is 0 Å². The van der Waals surface area contributed by atoms with Crippen molar-refractivity contribution in [2.24, 2.45) is 5.92 Å². The summed E-state index contributed by atoms with van der Waals surface area (Å²) in [4.78, 5) is 15.1. The van der Waals surface area contributed by atoms with Gasteiger partial charge in [0.25, 0.3) is 0 Å². The zero-order valence-corrected chi connectivity index (χ0v) is 13.5. The molecule has 3 nitrogen and oxygen atoms in total. The minimum absolute atomic E-state index is 0.306. The van der Waals surface area contributed by atoms with Gasteiger partial charge in [-0.15, -0.1) is 11.3 Å². The third-order valence-electron chi connectivity index (χ3n) is 4.16. The van der Waals surface area contributed by atoms with Crippen LogP contribution in [0.2, 0.25) is 0 Å². The lowest BCUT2D eigenvalue weighted by atomic mass is 10.1. The molecule has 128 valence electrons. The lowest BCUT2D eigenvalue weighted by Gasteiger charge is -2.13.